The topological polar surface area (TPSA) is 66.4 Å². The number of aliphatic hydroxyl groups is 1. The van der Waals surface area contributed by atoms with Gasteiger partial charge in [-0.3, -0.25) is 9.59 Å². The van der Waals surface area contributed by atoms with Crippen molar-refractivity contribution in [2.24, 2.45) is 0 Å². The Labute approximate surface area is 94.1 Å². The van der Waals surface area contributed by atoms with Crippen molar-refractivity contribution in [3.63, 3.8) is 0 Å². The van der Waals surface area contributed by atoms with Gasteiger partial charge in [-0.05, 0) is 19.4 Å². The number of hydrogen-bond acceptors (Lipinski definition) is 4. The molecule has 0 radical (unpaired) electrons. The van der Waals surface area contributed by atoms with Crippen LogP contribution in [0.25, 0.3) is 0 Å². The van der Waals surface area contributed by atoms with Gasteiger partial charge >= 0.3 is 0 Å². The Hall–Kier alpha value is -0.810. The summed E-state index contributed by atoms with van der Waals surface area (Å²) in [4.78, 5) is 21.6. The van der Waals surface area contributed by atoms with E-state index < -0.39 is 6.10 Å². The first-order valence-electron chi connectivity index (χ1n) is 4.78. The molecule has 5 heteroatoms. The molecule has 0 aromatic rings. The Balaban J connectivity index is 3.49. The smallest absolute Gasteiger partial charge is 0.216 e. The normalized spacial score (nSPS) is 12.7. The molecule has 1 atom stereocenters. The highest BCUT2D eigenvalue weighted by atomic mass is 32.2. The zero-order valence-corrected chi connectivity index (χ0v) is 9.84. The van der Waals surface area contributed by atoms with Crippen LogP contribution in [0.5, 0.6) is 0 Å². The molecule has 0 saturated carbocycles. The summed E-state index contributed by atoms with van der Waals surface area (Å²) in [7, 11) is 0. The third kappa shape index (κ3) is 11.1. The van der Waals surface area contributed by atoms with E-state index >= 15 is 0 Å². The van der Waals surface area contributed by atoms with Gasteiger partial charge in [0, 0.05) is 19.2 Å². The van der Waals surface area contributed by atoms with Crippen LogP contribution in [0.2, 0.25) is 0 Å². The molecule has 4 nitrogen and oxygen atoms in total. The third-order valence-corrected chi connectivity index (χ3v) is 2.28. The van der Waals surface area contributed by atoms with Crippen molar-refractivity contribution in [3.8, 4) is 0 Å². The van der Waals surface area contributed by atoms with Crippen molar-refractivity contribution in [2.45, 2.75) is 26.4 Å². The van der Waals surface area contributed by atoms with Crippen LogP contribution < -0.4 is 5.32 Å². The van der Waals surface area contributed by atoms with Gasteiger partial charge in [0.15, 0.2) is 0 Å². The van der Waals surface area contributed by atoms with Crippen molar-refractivity contribution in [2.75, 3.05) is 12.3 Å². The van der Waals surface area contributed by atoms with Crippen molar-refractivity contribution in [3.05, 3.63) is 12.2 Å². The standard InChI is InChI=1S/C10H17NO3S/c1-8(12)4-3-5-10(14)15-7-6-11-9(2)13/h3,5,8,12H,4,6-7H2,1-2H3,(H,11,13)/b5-3+/t8-/m0/s1/i3+1,5+1. The zero-order chi connectivity index (χ0) is 11.7. The molecule has 1 amide bonds. The summed E-state index contributed by atoms with van der Waals surface area (Å²) in [6.07, 6.45) is 3.17. The largest absolute Gasteiger partial charge is 0.393 e. The highest BCUT2D eigenvalue weighted by molar-refractivity contribution is 8.14. The fourth-order valence-corrected chi connectivity index (χ4v) is 1.39. The summed E-state index contributed by atoms with van der Waals surface area (Å²) in [5.74, 6) is 0.477. The number of hydrogen-bond donors (Lipinski definition) is 2. The molecule has 0 aliphatic carbocycles. The maximum absolute atomic E-state index is 11.2. The molecule has 2 N–H and O–H groups in total. The van der Waals surface area contributed by atoms with Crippen LogP contribution in [0.4, 0.5) is 0 Å². The fraction of sp³-hybridized carbons (Fsp3) is 0.600. The van der Waals surface area contributed by atoms with Gasteiger partial charge in [0.05, 0.1) is 6.10 Å². The predicted octanol–water partition coefficient (Wildman–Crippen LogP) is 0.709. The maximum Gasteiger partial charge on any atom is 0.216 e. The first kappa shape index (κ1) is 14.2. The Morgan fingerprint density at radius 2 is 2.20 bits per heavy atom. The van der Waals surface area contributed by atoms with E-state index in [1.165, 1.54) is 13.0 Å². The zero-order valence-electron chi connectivity index (χ0n) is 9.03. The molecule has 0 aromatic carbocycles. The second kappa shape index (κ2) is 8.49. The first-order chi connectivity index (χ1) is 7.02. The van der Waals surface area contributed by atoms with Crippen LogP contribution in [0.1, 0.15) is 20.3 Å². The Morgan fingerprint density at radius 1 is 1.53 bits per heavy atom. The van der Waals surface area contributed by atoms with Crippen LogP contribution in [0, 0.1) is 0 Å². The molecule has 0 fully saturated rings. The van der Waals surface area contributed by atoms with Crippen LogP contribution in [-0.2, 0) is 9.59 Å². The molecule has 86 valence electrons. The van der Waals surface area contributed by atoms with Crippen LogP contribution in [0.15, 0.2) is 12.2 Å². The van der Waals surface area contributed by atoms with Gasteiger partial charge < -0.3 is 10.4 Å². The molecule has 0 aromatic heterocycles. The van der Waals surface area contributed by atoms with E-state index in [0.29, 0.717) is 18.7 Å². The summed E-state index contributed by atoms with van der Waals surface area (Å²) in [5, 5.41) is 11.5. The minimum absolute atomic E-state index is 0.0546. The van der Waals surface area contributed by atoms with E-state index in [4.69, 9.17) is 5.11 Å². The summed E-state index contributed by atoms with van der Waals surface area (Å²) < 4.78 is 0. The molecule has 0 aliphatic heterocycles. The molecule has 15 heavy (non-hydrogen) atoms. The van der Waals surface area contributed by atoms with Crippen molar-refractivity contribution < 1.29 is 14.7 Å². The Morgan fingerprint density at radius 3 is 2.73 bits per heavy atom. The molecule has 0 heterocycles. The number of rotatable bonds is 6. The van der Waals surface area contributed by atoms with Crippen LogP contribution in [0.3, 0.4) is 0 Å². The average Bonchev–Trinajstić information content (AvgIpc) is 2.11. The third-order valence-electron chi connectivity index (χ3n) is 1.45. The lowest BCUT2D eigenvalue weighted by Crippen LogP contribution is -2.22. The molecular weight excluding hydrogens is 216 g/mol. The van der Waals surface area contributed by atoms with Gasteiger partial charge in [0.25, 0.3) is 0 Å². The average molecular weight is 233 g/mol. The van der Waals surface area contributed by atoms with Gasteiger partial charge in [-0.25, -0.2) is 0 Å². The van der Waals surface area contributed by atoms with E-state index in [0.717, 1.165) is 11.8 Å². The lowest BCUT2D eigenvalue weighted by atomic mass is 10.4. The first-order valence-corrected chi connectivity index (χ1v) is 5.76. The summed E-state index contributed by atoms with van der Waals surface area (Å²) in [6.45, 7) is 3.60. The molecule has 0 unspecified atom stereocenters. The van der Waals surface area contributed by atoms with Crippen molar-refractivity contribution >= 4 is 22.8 Å². The van der Waals surface area contributed by atoms with E-state index in [1.807, 2.05) is 0 Å². The minimum atomic E-state index is -0.418. The second-order valence-corrected chi connectivity index (χ2v) is 4.24. The molecule has 0 rings (SSSR count). The monoisotopic (exact) mass is 233 g/mol. The fourth-order valence-electron chi connectivity index (χ4n) is 0.788. The summed E-state index contributed by atoms with van der Waals surface area (Å²) in [5.41, 5.74) is 0. The van der Waals surface area contributed by atoms with Crippen molar-refractivity contribution in [1.29, 1.82) is 0 Å². The summed E-state index contributed by atoms with van der Waals surface area (Å²) >= 11 is 1.15. The quantitative estimate of drug-likeness (QED) is 0.403. The molecule has 0 spiro atoms. The molecule has 0 aliphatic rings. The van der Waals surface area contributed by atoms with Crippen LogP contribution in [-0.4, -0.2) is 34.5 Å². The van der Waals surface area contributed by atoms with E-state index in [1.54, 1.807) is 13.0 Å². The van der Waals surface area contributed by atoms with E-state index in [9.17, 15) is 9.59 Å². The van der Waals surface area contributed by atoms with Gasteiger partial charge in [-0.2, -0.15) is 0 Å². The lowest BCUT2D eigenvalue weighted by Gasteiger charge is -1.99. The highest BCUT2D eigenvalue weighted by Crippen LogP contribution is 2.02. The van der Waals surface area contributed by atoms with Gasteiger partial charge in [-0.15, -0.1) is 0 Å². The SMILES string of the molecule is CC(=O)NCCSC(=O)/[13CH]=[13CH]/C[C@H](C)O. The summed E-state index contributed by atoms with van der Waals surface area (Å²) in [6, 6.07) is 0. The number of carbonyl (C=O) groups excluding carboxylic acids is 2. The van der Waals surface area contributed by atoms with Crippen molar-refractivity contribution in [1.82, 2.24) is 5.32 Å². The number of nitrogens with one attached hydrogen (secondary N) is 1. The van der Waals surface area contributed by atoms with Crippen LogP contribution >= 0.6 is 11.8 Å². The second-order valence-electron chi connectivity index (χ2n) is 3.14. The molecule has 0 saturated heterocycles. The lowest BCUT2D eigenvalue weighted by molar-refractivity contribution is -0.118. The van der Waals surface area contributed by atoms with E-state index in [-0.39, 0.29) is 11.0 Å². The van der Waals surface area contributed by atoms with Gasteiger partial charge in [0.1, 0.15) is 0 Å². The number of thioether (sulfide) groups is 1. The van der Waals surface area contributed by atoms with Gasteiger partial charge in [-0.1, -0.05) is 17.8 Å². The Bertz CT molecular complexity index is 239. The van der Waals surface area contributed by atoms with Gasteiger partial charge in [0.2, 0.25) is 11.0 Å². The number of aliphatic hydroxyl groups excluding tert-OH is 1. The Kier molecular flexibility index (Phi) is 8.04. The number of amides is 1. The molecule has 0 bridgehead atoms. The van der Waals surface area contributed by atoms with E-state index in [2.05, 4.69) is 5.32 Å². The highest BCUT2D eigenvalue weighted by Gasteiger charge is 1.98. The molecular formula is C10H17NO3S. The maximum atomic E-state index is 11.2. The number of carbonyl (C=O) groups is 2. The predicted molar refractivity (Wildman–Crippen MR) is 61.6 cm³/mol. The minimum Gasteiger partial charge on any atom is -0.393 e.